The van der Waals surface area contributed by atoms with E-state index >= 15 is 0 Å². The van der Waals surface area contributed by atoms with Crippen molar-refractivity contribution in [2.75, 3.05) is 19.8 Å². The Balaban J connectivity index is 1.66. The summed E-state index contributed by atoms with van der Waals surface area (Å²) in [7, 11) is 0. The molecular formula is C16H20BrFN2O2. The average Bonchev–Trinajstić information content (AvgIpc) is 3.33. The number of benzene rings is 1. The van der Waals surface area contributed by atoms with E-state index in [2.05, 4.69) is 21.2 Å². The fourth-order valence-corrected chi connectivity index (χ4v) is 3.14. The molecule has 4 nitrogen and oxygen atoms in total. The van der Waals surface area contributed by atoms with Crippen molar-refractivity contribution >= 4 is 21.8 Å². The predicted octanol–water partition coefficient (Wildman–Crippen LogP) is 2.46. The van der Waals surface area contributed by atoms with Crippen molar-refractivity contribution in [1.29, 1.82) is 0 Å². The molecule has 1 aliphatic carbocycles. The quantitative estimate of drug-likeness (QED) is 0.865. The molecule has 22 heavy (non-hydrogen) atoms. The predicted molar refractivity (Wildman–Crippen MR) is 84.9 cm³/mol. The molecule has 1 unspecified atom stereocenters. The van der Waals surface area contributed by atoms with E-state index in [4.69, 9.17) is 4.74 Å². The standard InChI is InChI=1S/C16H20BrFN2O2/c17-12-1-4-15(18)11(7-12)9-20(14-2-3-14)16(21)8-13-10-22-6-5-19-13/h1,4,7,13-14,19H,2-3,5-6,8-10H2. The average molecular weight is 371 g/mol. The van der Waals surface area contributed by atoms with Crippen LogP contribution in [0.5, 0.6) is 0 Å². The Hall–Kier alpha value is -0.980. The highest BCUT2D eigenvalue weighted by Crippen LogP contribution is 2.30. The van der Waals surface area contributed by atoms with Gasteiger partial charge >= 0.3 is 0 Å². The molecule has 1 amide bonds. The number of carbonyl (C=O) groups excluding carboxylic acids is 1. The minimum atomic E-state index is -0.263. The fourth-order valence-electron chi connectivity index (χ4n) is 2.73. The van der Waals surface area contributed by atoms with Crippen LogP contribution in [0.15, 0.2) is 22.7 Å². The van der Waals surface area contributed by atoms with Gasteiger partial charge in [0, 0.05) is 41.6 Å². The normalized spacial score (nSPS) is 21.6. The van der Waals surface area contributed by atoms with Crippen LogP contribution in [0.1, 0.15) is 24.8 Å². The molecule has 1 aliphatic heterocycles. The summed E-state index contributed by atoms with van der Waals surface area (Å²) in [5, 5.41) is 3.29. The summed E-state index contributed by atoms with van der Waals surface area (Å²) >= 11 is 3.36. The van der Waals surface area contributed by atoms with Gasteiger partial charge in [-0.3, -0.25) is 4.79 Å². The number of carbonyl (C=O) groups is 1. The highest BCUT2D eigenvalue weighted by molar-refractivity contribution is 9.10. The maximum absolute atomic E-state index is 13.9. The van der Waals surface area contributed by atoms with Gasteiger partial charge in [0.25, 0.3) is 0 Å². The fraction of sp³-hybridized carbons (Fsp3) is 0.562. The topological polar surface area (TPSA) is 41.6 Å². The van der Waals surface area contributed by atoms with Crippen LogP contribution in [-0.4, -0.2) is 42.6 Å². The summed E-state index contributed by atoms with van der Waals surface area (Å²) < 4.78 is 20.2. The maximum Gasteiger partial charge on any atom is 0.224 e. The second-order valence-electron chi connectivity index (χ2n) is 5.92. The molecule has 120 valence electrons. The molecule has 1 N–H and O–H groups in total. The summed E-state index contributed by atoms with van der Waals surface area (Å²) in [4.78, 5) is 14.4. The van der Waals surface area contributed by atoms with Gasteiger partial charge in [-0.25, -0.2) is 4.39 Å². The molecule has 1 saturated heterocycles. The molecule has 0 bridgehead atoms. The van der Waals surface area contributed by atoms with Crippen LogP contribution in [0.3, 0.4) is 0 Å². The van der Waals surface area contributed by atoms with E-state index in [9.17, 15) is 9.18 Å². The van der Waals surface area contributed by atoms with Crippen molar-refractivity contribution in [3.05, 3.63) is 34.1 Å². The zero-order valence-corrected chi connectivity index (χ0v) is 13.9. The van der Waals surface area contributed by atoms with Gasteiger partial charge in [-0.05, 0) is 31.0 Å². The minimum absolute atomic E-state index is 0.0647. The number of hydrogen-bond donors (Lipinski definition) is 1. The summed E-state index contributed by atoms with van der Waals surface area (Å²) in [5.41, 5.74) is 0.558. The van der Waals surface area contributed by atoms with Crippen LogP contribution < -0.4 is 5.32 Å². The second kappa shape index (κ2) is 7.06. The van der Waals surface area contributed by atoms with E-state index in [-0.39, 0.29) is 23.8 Å². The van der Waals surface area contributed by atoms with E-state index in [1.165, 1.54) is 6.07 Å². The number of rotatable bonds is 5. The van der Waals surface area contributed by atoms with Crippen molar-refractivity contribution < 1.29 is 13.9 Å². The van der Waals surface area contributed by atoms with Gasteiger partial charge < -0.3 is 15.0 Å². The summed E-state index contributed by atoms with van der Waals surface area (Å²) in [6.45, 7) is 2.37. The Morgan fingerprint density at radius 1 is 1.45 bits per heavy atom. The van der Waals surface area contributed by atoms with Crippen molar-refractivity contribution in [2.24, 2.45) is 0 Å². The van der Waals surface area contributed by atoms with Gasteiger partial charge in [-0.2, -0.15) is 0 Å². The molecule has 2 aliphatic rings. The molecule has 1 saturated carbocycles. The first-order chi connectivity index (χ1) is 10.6. The maximum atomic E-state index is 13.9. The van der Waals surface area contributed by atoms with Gasteiger partial charge in [-0.15, -0.1) is 0 Å². The van der Waals surface area contributed by atoms with Crippen molar-refractivity contribution in [2.45, 2.75) is 37.9 Å². The number of morpholine rings is 1. The van der Waals surface area contributed by atoms with Crippen LogP contribution in [0, 0.1) is 5.82 Å². The van der Waals surface area contributed by atoms with Crippen LogP contribution in [0.2, 0.25) is 0 Å². The SMILES string of the molecule is O=C(CC1COCCN1)N(Cc1cc(Br)ccc1F)C1CC1. The molecule has 6 heteroatoms. The van der Waals surface area contributed by atoms with Crippen LogP contribution in [-0.2, 0) is 16.1 Å². The summed E-state index contributed by atoms with van der Waals surface area (Å²) in [5.74, 6) is -0.189. The third-order valence-electron chi connectivity index (χ3n) is 4.08. The highest BCUT2D eigenvalue weighted by atomic mass is 79.9. The zero-order chi connectivity index (χ0) is 15.5. The lowest BCUT2D eigenvalue weighted by Crippen LogP contribution is -2.45. The Morgan fingerprint density at radius 2 is 2.27 bits per heavy atom. The Bertz CT molecular complexity index is 545. The lowest BCUT2D eigenvalue weighted by atomic mass is 10.1. The van der Waals surface area contributed by atoms with Crippen molar-refractivity contribution in [3.8, 4) is 0 Å². The number of nitrogens with zero attached hydrogens (tertiary/aromatic N) is 1. The molecule has 0 spiro atoms. The number of ether oxygens (including phenoxy) is 1. The highest BCUT2D eigenvalue weighted by Gasteiger charge is 2.34. The van der Waals surface area contributed by atoms with Crippen molar-refractivity contribution in [1.82, 2.24) is 10.2 Å². The number of halogens is 2. The molecule has 1 aromatic carbocycles. The molecular weight excluding hydrogens is 351 g/mol. The number of amides is 1. The first-order valence-corrected chi connectivity index (χ1v) is 8.47. The zero-order valence-electron chi connectivity index (χ0n) is 12.4. The van der Waals surface area contributed by atoms with Crippen LogP contribution >= 0.6 is 15.9 Å². The van der Waals surface area contributed by atoms with Crippen LogP contribution in [0.4, 0.5) is 4.39 Å². The lowest BCUT2D eigenvalue weighted by Gasteiger charge is -2.28. The molecule has 1 heterocycles. The van der Waals surface area contributed by atoms with Gasteiger partial charge in [-0.1, -0.05) is 15.9 Å². The molecule has 1 aromatic rings. The molecule has 3 rings (SSSR count). The van der Waals surface area contributed by atoms with Gasteiger partial charge in [0.15, 0.2) is 0 Å². The minimum Gasteiger partial charge on any atom is -0.378 e. The van der Waals surface area contributed by atoms with E-state index in [0.29, 0.717) is 31.7 Å². The first-order valence-electron chi connectivity index (χ1n) is 7.68. The van der Waals surface area contributed by atoms with E-state index in [0.717, 1.165) is 23.9 Å². The van der Waals surface area contributed by atoms with E-state index in [1.54, 1.807) is 12.1 Å². The Kier molecular flexibility index (Phi) is 5.10. The first kappa shape index (κ1) is 15.9. The van der Waals surface area contributed by atoms with Crippen LogP contribution in [0.25, 0.3) is 0 Å². The Labute approximate surface area is 138 Å². The molecule has 2 fully saturated rings. The van der Waals surface area contributed by atoms with Gasteiger partial charge in [0.2, 0.25) is 5.91 Å². The smallest absolute Gasteiger partial charge is 0.224 e. The third-order valence-corrected chi connectivity index (χ3v) is 4.57. The molecule has 0 aromatic heterocycles. The summed E-state index contributed by atoms with van der Waals surface area (Å²) in [6, 6.07) is 5.18. The third kappa shape index (κ3) is 4.06. The lowest BCUT2D eigenvalue weighted by molar-refractivity contribution is -0.133. The largest absolute Gasteiger partial charge is 0.378 e. The molecule has 0 radical (unpaired) electrons. The van der Waals surface area contributed by atoms with E-state index < -0.39 is 0 Å². The number of nitrogens with one attached hydrogen (secondary N) is 1. The number of hydrogen-bond acceptors (Lipinski definition) is 3. The van der Waals surface area contributed by atoms with E-state index in [1.807, 2.05) is 4.90 Å². The van der Waals surface area contributed by atoms with Gasteiger partial charge in [0.1, 0.15) is 5.82 Å². The summed E-state index contributed by atoms with van der Waals surface area (Å²) in [6.07, 6.45) is 2.43. The monoisotopic (exact) mass is 370 g/mol. The van der Waals surface area contributed by atoms with Crippen molar-refractivity contribution in [3.63, 3.8) is 0 Å². The molecule has 1 atom stereocenters. The van der Waals surface area contributed by atoms with Gasteiger partial charge in [0.05, 0.1) is 13.2 Å². The Morgan fingerprint density at radius 3 is 2.95 bits per heavy atom. The second-order valence-corrected chi connectivity index (χ2v) is 6.83.